The molecular weight excluding hydrogens is 726 g/mol. The van der Waals surface area contributed by atoms with E-state index in [1.807, 2.05) is 24.3 Å². The molecule has 0 unspecified atom stereocenters. The molecule has 178 valence electrons. The van der Waals surface area contributed by atoms with E-state index in [-0.39, 0.29) is 19.1 Å². The predicted molar refractivity (Wildman–Crippen MR) is 150 cm³/mol. The van der Waals surface area contributed by atoms with Gasteiger partial charge in [0.1, 0.15) is 12.4 Å². The first-order valence-electron chi connectivity index (χ1n) is 9.62. The molecule has 0 aliphatic carbocycles. The zero-order valence-corrected chi connectivity index (χ0v) is 24.4. The summed E-state index contributed by atoms with van der Waals surface area (Å²) in [5.41, 5.74) is 3.95. The molecule has 0 aliphatic heterocycles. The molecule has 3 aromatic carbocycles. The first-order chi connectivity index (χ1) is 16.3. The van der Waals surface area contributed by atoms with E-state index in [4.69, 9.17) is 37.4 Å². The smallest absolute Gasteiger partial charge is 0.277 e. The number of benzene rings is 3. The number of ether oxygens (including phenoxy) is 3. The maximum absolute atomic E-state index is 12.1. The number of hydrazone groups is 1. The van der Waals surface area contributed by atoms with Gasteiger partial charge in [0, 0.05) is 10.0 Å². The second kappa shape index (κ2) is 13.0. The van der Waals surface area contributed by atoms with Crippen LogP contribution in [0.25, 0.3) is 0 Å². The highest BCUT2D eigenvalue weighted by Crippen LogP contribution is 2.42. The summed E-state index contributed by atoms with van der Waals surface area (Å²) >= 11 is 21.2. The van der Waals surface area contributed by atoms with Crippen LogP contribution in [0.5, 0.6) is 17.2 Å². The van der Waals surface area contributed by atoms with Crippen molar-refractivity contribution < 1.29 is 19.0 Å². The minimum atomic E-state index is -0.389. The van der Waals surface area contributed by atoms with Gasteiger partial charge in [0.05, 0.1) is 31.4 Å². The number of para-hydroxylation sites is 1. The molecule has 34 heavy (non-hydrogen) atoms. The van der Waals surface area contributed by atoms with Gasteiger partial charge in [-0.05, 0) is 90.3 Å². The number of nitrogens with zero attached hydrogens (tertiary/aromatic N) is 1. The van der Waals surface area contributed by atoms with Gasteiger partial charge in [0.15, 0.2) is 18.1 Å². The highest BCUT2D eigenvalue weighted by molar-refractivity contribution is 14.1. The van der Waals surface area contributed by atoms with Crippen LogP contribution in [-0.2, 0) is 11.4 Å². The summed E-state index contributed by atoms with van der Waals surface area (Å²) in [6.45, 7) is 0.0924. The number of nitrogens with one attached hydrogen (secondary N) is 1. The molecule has 0 fully saturated rings. The van der Waals surface area contributed by atoms with Crippen molar-refractivity contribution in [2.75, 3.05) is 13.7 Å². The number of halogens is 5. The second-order valence-corrected chi connectivity index (χ2v) is 10.2. The minimum absolute atomic E-state index is 0.160. The molecule has 0 atom stereocenters. The number of hydrogen-bond donors (Lipinski definition) is 1. The van der Waals surface area contributed by atoms with E-state index in [0.29, 0.717) is 41.8 Å². The lowest BCUT2D eigenvalue weighted by atomic mass is 10.2. The molecule has 0 saturated carbocycles. The third-order valence-corrected chi connectivity index (χ3v) is 8.10. The first-order valence-corrected chi connectivity index (χ1v) is 13.0. The van der Waals surface area contributed by atoms with E-state index in [1.165, 1.54) is 13.3 Å². The Bertz CT molecular complexity index is 1230. The number of hydrogen-bond acceptors (Lipinski definition) is 5. The molecule has 1 N–H and O–H groups in total. The summed E-state index contributed by atoms with van der Waals surface area (Å²) in [4.78, 5) is 12.1. The van der Waals surface area contributed by atoms with E-state index in [2.05, 4.69) is 65.0 Å². The zero-order chi connectivity index (χ0) is 24.7. The Balaban J connectivity index is 1.66. The summed E-state index contributed by atoms with van der Waals surface area (Å²) in [5, 5.41) is 4.94. The van der Waals surface area contributed by atoms with Crippen LogP contribution in [0.15, 0.2) is 62.6 Å². The van der Waals surface area contributed by atoms with Crippen molar-refractivity contribution in [3.63, 3.8) is 0 Å². The number of methoxy groups -OCH3 is 1. The third kappa shape index (κ3) is 7.24. The Morgan fingerprint density at radius 2 is 1.82 bits per heavy atom. The van der Waals surface area contributed by atoms with Gasteiger partial charge < -0.3 is 14.2 Å². The maximum Gasteiger partial charge on any atom is 0.277 e. The Morgan fingerprint density at radius 1 is 1.06 bits per heavy atom. The molecule has 1 amide bonds. The Kier molecular flexibility index (Phi) is 10.3. The molecule has 0 heterocycles. The lowest BCUT2D eigenvalue weighted by Crippen LogP contribution is -2.24. The normalized spacial score (nSPS) is 10.9. The van der Waals surface area contributed by atoms with Crippen LogP contribution in [-0.4, -0.2) is 25.8 Å². The Labute approximate surface area is 237 Å². The van der Waals surface area contributed by atoms with Gasteiger partial charge in [-0.3, -0.25) is 4.79 Å². The van der Waals surface area contributed by atoms with Crippen LogP contribution >= 0.6 is 77.7 Å². The van der Waals surface area contributed by atoms with Crippen LogP contribution in [0.3, 0.4) is 0 Å². The molecule has 6 nitrogen and oxygen atoms in total. The van der Waals surface area contributed by atoms with Crippen LogP contribution < -0.4 is 19.6 Å². The average molecular weight is 743 g/mol. The molecule has 0 aliphatic rings. The Morgan fingerprint density at radius 3 is 2.53 bits per heavy atom. The molecule has 0 spiro atoms. The van der Waals surface area contributed by atoms with Crippen molar-refractivity contribution in [2.24, 2.45) is 5.10 Å². The van der Waals surface area contributed by atoms with E-state index in [1.54, 1.807) is 24.3 Å². The summed E-state index contributed by atoms with van der Waals surface area (Å²) in [7, 11) is 1.53. The fourth-order valence-corrected chi connectivity index (χ4v) is 4.48. The molecule has 3 rings (SSSR count). The minimum Gasteiger partial charge on any atom is -0.493 e. The van der Waals surface area contributed by atoms with Crippen LogP contribution in [0.2, 0.25) is 10.0 Å². The molecule has 11 heteroatoms. The number of rotatable bonds is 9. The van der Waals surface area contributed by atoms with E-state index >= 15 is 0 Å². The number of carbonyl (C=O) groups is 1. The molecule has 0 bridgehead atoms. The van der Waals surface area contributed by atoms with Gasteiger partial charge in [-0.25, -0.2) is 5.43 Å². The number of carbonyl (C=O) groups excluding carboxylic acids is 1. The van der Waals surface area contributed by atoms with Gasteiger partial charge in [-0.15, -0.1) is 0 Å². The summed E-state index contributed by atoms with van der Waals surface area (Å²) in [6.07, 6.45) is 1.49. The summed E-state index contributed by atoms with van der Waals surface area (Å²) in [5.74, 6) is 1.21. The fourth-order valence-electron chi connectivity index (χ4n) is 2.68. The van der Waals surface area contributed by atoms with E-state index in [9.17, 15) is 4.79 Å². The SMILES string of the molecule is COc1cc(/C=N/NC(=O)COc2ccccc2I)c(Br)c(Br)c1OCc1ccc(Cl)c(Cl)c1. The Hall–Kier alpha value is -1.53. The predicted octanol–water partition coefficient (Wildman–Crippen LogP) is 7.24. The largest absolute Gasteiger partial charge is 0.493 e. The zero-order valence-electron chi connectivity index (χ0n) is 17.6. The lowest BCUT2D eigenvalue weighted by molar-refractivity contribution is -0.123. The van der Waals surface area contributed by atoms with Crippen molar-refractivity contribution in [1.29, 1.82) is 0 Å². The fraction of sp³-hybridized carbons (Fsp3) is 0.130. The average Bonchev–Trinajstić information content (AvgIpc) is 2.82. The summed E-state index contributed by atoms with van der Waals surface area (Å²) < 4.78 is 19.2. The monoisotopic (exact) mass is 740 g/mol. The van der Waals surface area contributed by atoms with Gasteiger partial charge >= 0.3 is 0 Å². The molecular formula is C23H17Br2Cl2IN2O4. The highest BCUT2D eigenvalue weighted by Gasteiger charge is 2.17. The van der Waals surface area contributed by atoms with Gasteiger partial charge in [-0.2, -0.15) is 5.10 Å². The van der Waals surface area contributed by atoms with Crippen LogP contribution in [0, 0.1) is 3.57 Å². The topological polar surface area (TPSA) is 69.2 Å². The molecule has 0 radical (unpaired) electrons. The van der Waals surface area contributed by atoms with Gasteiger partial charge in [-0.1, -0.05) is 41.4 Å². The summed E-state index contributed by atoms with van der Waals surface area (Å²) in [6, 6.07) is 14.4. The van der Waals surface area contributed by atoms with Gasteiger partial charge in [0.2, 0.25) is 0 Å². The van der Waals surface area contributed by atoms with Crippen molar-refractivity contribution in [3.05, 3.63) is 82.2 Å². The maximum atomic E-state index is 12.1. The van der Waals surface area contributed by atoms with Crippen LogP contribution in [0.4, 0.5) is 0 Å². The van der Waals surface area contributed by atoms with E-state index in [0.717, 1.165) is 9.13 Å². The third-order valence-electron chi connectivity index (χ3n) is 4.33. The molecule has 3 aromatic rings. The van der Waals surface area contributed by atoms with Crippen molar-refractivity contribution in [1.82, 2.24) is 5.43 Å². The van der Waals surface area contributed by atoms with Gasteiger partial charge in [0.25, 0.3) is 5.91 Å². The van der Waals surface area contributed by atoms with Crippen LogP contribution in [0.1, 0.15) is 11.1 Å². The first kappa shape index (κ1) is 27.1. The van der Waals surface area contributed by atoms with Crippen molar-refractivity contribution in [2.45, 2.75) is 6.61 Å². The lowest BCUT2D eigenvalue weighted by Gasteiger charge is -2.15. The van der Waals surface area contributed by atoms with Crippen molar-refractivity contribution >= 4 is 89.8 Å². The quantitative estimate of drug-likeness (QED) is 0.143. The second-order valence-electron chi connectivity index (χ2n) is 6.67. The molecule has 0 saturated heterocycles. The molecule has 0 aromatic heterocycles. The van der Waals surface area contributed by atoms with Crippen molar-refractivity contribution in [3.8, 4) is 17.2 Å². The standard InChI is InChI=1S/C23H17Br2Cl2IN2O4/c1-32-19-9-14(10-29-30-20(31)12-33-18-5-3-2-4-17(18)28)21(24)22(25)23(19)34-11-13-6-7-15(26)16(27)8-13/h2-10H,11-12H2,1H3,(H,30,31)/b29-10+. The number of amides is 1. The highest BCUT2D eigenvalue weighted by atomic mass is 127. The van der Waals surface area contributed by atoms with E-state index < -0.39 is 0 Å².